The predicted octanol–water partition coefficient (Wildman–Crippen LogP) is 2.21. The van der Waals surface area contributed by atoms with E-state index in [1.807, 2.05) is 0 Å². The molecule has 0 fully saturated rings. The second-order valence-electron chi connectivity index (χ2n) is 2.69. The molecule has 14 heavy (non-hydrogen) atoms. The van der Waals surface area contributed by atoms with Gasteiger partial charge in [0.2, 0.25) is 0 Å². The molecule has 4 heteroatoms. The SMILES string of the molecule is Cl.[2H]C([2H])([2H])n1cc(-c2ccccc2O)cn1. The van der Waals surface area contributed by atoms with Crippen molar-refractivity contribution in [2.75, 3.05) is 0 Å². The van der Waals surface area contributed by atoms with Gasteiger partial charge in [-0.1, -0.05) is 18.2 Å². The minimum Gasteiger partial charge on any atom is -0.507 e. The van der Waals surface area contributed by atoms with Crippen molar-refractivity contribution in [1.29, 1.82) is 0 Å². The van der Waals surface area contributed by atoms with Crippen LogP contribution < -0.4 is 0 Å². The Morgan fingerprint density at radius 2 is 2.21 bits per heavy atom. The van der Waals surface area contributed by atoms with Gasteiger partial charge in [0.1, 0.15) is 5.75 Å². The Hall–Kier alpha value is -1.48. The molecule has 0 unspecified atom stereocenters. The van der Waals surface area contributed by atoms with Crippen LogP contribution in [0.3, 0.4) is 0 Å². The molecule has 2 rings (SSSR count). The summed E-state index contributed by atoms with van der Waals surface area (Å²) in [7, 11) is 0. The van der Waals surface area contributed by atoms with Gasteiger partial charge in [0.15, 0.2) is 0 Å². The van der Waals surface area contributed by atoms with Gasteiger partial charge in [0, 0.05) is 28.4 Å². The highest BCUT2D eigenvalue weighted by Gasteiger charge is 2.03. The van der Waals surface area contributed by atoms with E-state index in [-0.39, 0.29) is 18.2 Å². The van der Waals surface area contributed by atoms with Crippen LogP contribution >= 0.6 is 12.4 Å². The van der Waals surface area contributed by atoms with Crippen LogP contribution in [-0.2, 0) is 6.98 Å². The van der Waals surface area contributed by atoms with Crippen molar-refractivity contribution < 1.29 is 9.22 Å². The normalized spacial score (nSPS) is 13.6. The maximum absolute atomic E-state index is 9.60. The molecule has 1 aromatic heterocycles. The number of aromatic nitrogens is 2. The molecular weight excluding hydrogens is 200 g/mol. The van der Waals surface area contributed by atoms with Crippen LogP contribution in [0.2, 0.25) is 0 Å². The highest BCUT2D eigenvalue weighted by Crippen LogP contribution is 2.27. The van der Waals surface area contributed by atoms with E-state index in [1.54, 1.807) is 24.3 Å². The maximum atomic E-state index is 9.60. The van der Waals surface area contributed by atoms with Crippen molar-refractivity contribution in [1.82, 2.24) is 9.78 Å². The number of phenolic OH excluding ortho intramolecular Hbond substituents is 1. The van der Waals surface area contributed by atoms with Crippen LogP contribution in [0.5, 0.6) is 5.75 Å². The molecule has 1 heterocycles. The second-order valence-corrected chi connectivity index (χ2v) is 2.69. The van der Waals surface area contributed by atoms with E-state index in [9.17, 15) is 5.11 Å². The standard InChI is InChI=1S/C10H10N2O.ClH/c1-12-7-8(6-11-12)9-4-2-3-5-10(9)13;/h2-7,13H,1H3;1H/i1D3;. The molecule has 0 aliphatic carbocycles. The first-order valence-electron chi connectivity index (χ1n) is 5.32. The number of phenols is 1. The van der Waals surface area contributed by atoms with Gasteiger partial charge in [-0.3, -0.25) is 4.68 Å². The van der Waals surface area contributed by atoms with Gasteiger partial charge in [0.25, 0.3) is 0 Å². The summed E-state index contributed by atoms with van der Waals surface area (Å²) in [6.07, 6.45) is 2.81. The first kappa shape index (κ1) is 6.90. The van der Waals surface area contributed by atoms with Crippen LogP contribution in [0.25, 0.3) is 11.1 Å². The van der Waals surface area contributed by atoms with Gasteiger partial charge in [-0.25, -0.2) is 0 Å². The Morgan fingerprint density at radius 1 is 1.43 bits per heavy atom. The summed E-state index contributed by atoms with van der Waals surface area (Å²) in [6.45, 7) is -2.29. The van der Waals surface area contributed by atoms with E-state index in [4.69, 9.17) is 4.11 Å². The van der Waals surface area contributed by atoms with E-state index >= 15 is 0 Å². The second kappa shape index (κ2) is 4.15. The Bertz CT molecular complexity index is 510. The van der Waals surface area contributed by atoms with Crippen LogP contribution in [0.1, 0.15) is 4.11 Å². The number of hydrogen-bond donors (Lipinski definition) is 1. The molecule has 2 aromatic rings. The first-order chi connectivity index (χ1) is 7.48. The van der Waals surface area contributed by atoms with E-state index in [1.165, 1.54) is 12.4 Å². The Kier molecular flexibility index (Phi) is 2.05. The summed E-state index contributed by atoms with van der Waals surface area (Å²) in [5.74, 6) is 0.104. The molecule has 0 bridgehead atoms. The van der Waals surface area contributed by atoms with Crippen molar-refractivity contribution in [2.45, 2.75) is 0 Å². The molecule has 0 aliphatic heterocycles. The topological polar surface area (TPSA) is 38.0 Å². The molecule has 0 amide bonds. The lowest BCUT2D eigenvalue weighted by molar-refractivity contribution is 0.477. The van der Waals surface area contributed by atoms with Gasteiger partial charge in [0.05, 0.1) is 6.20 Å². The predicted molar refractivity (Wildman–Crippen MR) is 57.6 cm³/mol. The van der Waals surface area contributed by atoms with Crippen LogP contribution in [0.15, 0.2) is 36.7 Å². The third kappa shape index (κ3) is 1.88. The molecule has 0 spiro atoms. The van der Waals surface area contributed by atoms with Crippen molar-refractivity contribution in [3.63, 3.8) is 0 Å². The molecule has 0 aliphatic rings. The number of halogens is 1. The molecule has 1 N–H and O–H groups in total. The van der Waals surface area contributed by atoms with Gasteiger partial charge < -0.3 is 5.11 Å². The Morgan fingerprint density at radius 3 is 2.86 bits per heavy atom. The maximum Gasteiger partial charge on any atom is 0.123 e. The van der Waals surface area contributed by atoms with Crippen LogP contribution in [-0.4, -0.2) is 14.9 Å². The van der Waals surface area contributed by atoms with Crippen molar-refractivity contribution in [2.24, 2.45) is 6.98 Å². The highest BCUT2D eigenvalue weighted by atomic mass is 35.5. The summed E-state index contributed by atoms with van der Waals surface area (Å²) in [5, 5.41) is 13.3. The number of hydrogen-bond acceptors (Lipinski definition) is 2. The largest absolute Gasteiger partial charge is 0.507 e. The molecule has 3 nitrogen and oxygen atoms in total. The minimum absolute atomic E-state index is 0. The summed E-state index contributed by atoms with van der Waals surface area (Å²) in [6, 6.07) is 6.72. The number of benzene rings is 1. The minimum atomic E-state index is -2.29. The van der Waals surface area contributed by atoms with E-state index < -0.39 is 6.98 Å². The molecule has 0 atom stereocenters. The van der Waals surface area contributed by atoms with Gasteiger partial charge >= 0.3 is 0 Å². The smallest absolute Gasteiger partial charge is 0.123 e. The molecule has 0 radical (unpaired) electrons. The summed E-state index contributed by atoms with van der Waals surface area (Å²) < 4.78 is 22.4. The molecule has 74 valence electrons. The summed E-state index contributed by atoms with van der Waals surface area (Å²) in [5.41, 5.74) is 1.15. The molecule has 1 aromatic carbocycles. The number of aryl methyl sites for hydroxylation is 1. The molecule has 0 saturated carbocycles. The number of nitrogens with zero attached hydrogens (tertiary/aromatic N) is 2. The van der Waals surface area contributed by atoms with Crippen molar-refractivity contribution >= 4 is 12.4 Å². The van der Waals surface area contributed by atoms with E-state index in [2.05, 4.69) is 5.10 Å². The lowest BCUT2D eigenvalue weighted by Gasteiger charge is -1.99. The van der Waals surface area contributed by atoms with E-state index in [0.717, 1.165) is 4.68 Å². The molecule has 0 saturated heterocycles. The number of rotatable bonds is 1. The van der Waals surface area contributed by atoms with Crippen molar-refractivity contribution in [3.8, 4) is 16.9 Å². The Balaban J connectivity index is 0.00000144. The zero-order valence-electron chi connectivity index (χ0n) is 10.2. The fourth-order valence-corrected chi connectivity index (χ4v) is 1.18. The van der Waals surface area contributed by atoms with Crippen LogP contribution in [0, 0.1) is 0 Å². The molecular formula is C10H11ClN2O. The monoisotopic (exact) mass is 213 g/mol. The van der Waals surface area contributed by atoms with Gasteiger partial charge in [-0.05, 0) is 6.07 Å². The number of aromatic hydroxyl groups is 1. The average Bonchev–Trinajstić information content (AvgIpc) is 2.66. The highest BCUT2D eigenvalue weighted by molar-refractivity contribution is 5.85. The fourth-order valence-electron chi connectivity index (χ4n) is 1.18. The zero-order valence-corrected chi connectivity index (χ0v) is 8.03. The Labute approximate surface area is 92.6 Å². The quantitative estimate of drug-likeness (QED) is 0.789. The van der Waals surface area contributed by atoms with Crippen molar-refractivity contribution in [3.05, 3.63) is 36.7 Å². The lowest BCUT2D eigenvalue weighted by Crippen LogP contribution is -1.84. The fraction of sp³-hybridized carbons (Fsp3) is 0.100. The average molecular weight is 214 g/mol. The van der Waals surface area contributed by atoms with Gasteiger partial charge in [-0.15, -0.1) is 12.4 Å². The number of para-hydroxylation sites is 1. The summed E-state index contributed by atoms with van der Waals surface area (Å²) >= 11 is 0. The third-order valence-corrected chi connectivity index (χ3v) is 1.80. The zero-order chi connectivity index (χ0) is 11.8. The van der Waals surface area contributed by atoms with Gasteiger partial charge in [-0.2, -0.15) is 5.10 Å². The van der Waals surface area contributed by atoms with E-state index in [0.29, 0.717) is 11.1 Å². The third-order valence-electron chi connectivity index (χ3n) is 1.80. The van der Waals surface area contributed by atoms with Crippen LogP contribution in [0.4, 0.5) is 0 Å². The summed E-state index contributed by atoms with van der Waals surface area (Å²) in [4.78, 5) is 0. The lowest BCUT2D eigenvalue weighted by atomic mass is 10.1. The first-order valence-corrected chi connectivity index (χ1v) is 3.82.